The summed E-state index contributed by atoms with van der Waals surface area (Å²) in [6.45, 7) is 0.369. The zero-order valence-electron chi connectivity index (χ0n) is 9.07. The summed E-state index contributed by atoms with van der Waals surface area (Å²) in [6.07, 6.45) is 0.310. The number of carbonyl (C=O) groups excluding carboxylic acids is 1. The van der Waals surface area contributed by atoms with E-state index < -0.39 is 0 Å². The van der Waals surface area contributed by atoms with Crippen LogP contribution in [0.1, 0.15) is 6.42 Å². The average molecular weight is 270 g/mol. The molecule has 1 rings (SSSR count). The number of hydrogen-bond acceptors (Lipinski definition) is 4. The van der Waals surface area contributed by atoms with Crippen LogP contribution < -0.4 is 11.1 Å². The first-order valence-electron chi connectivity index (χ1n) is 4.95. The Hall–Kier alpha value is -1.38. The lowest BCUT2D eigenvalue weighted by Crippen LogP contribution is -2.25. The number of hydrogen-bond donors (Lipinski definition) is 2. The highest BCUT2D eigenvalue weighted by molar-refractivity contribution is 8.00. The highest BCUT2D eigenvalue weighted by Crippen LogP contribution is 2.32. The fourth-order valence-electron chi connectivity index (χ4n) is 1.12. The summed E-state index contributed by atoms with van der Waals surface area (Å²) in [4.78, 5) is 12.1. The van der Waals surface area contributed by atoms with Gasteiger partial charge in [0, 0.05) is 17.1 Å². The van der Waals surface area contributed by atoms with E-state index in [0.717, 1.165) is 0 Å². The first-order chi connectivity index (χ1) is 8.15. The molecule has 0 bridgehead atoms. The van der Waals surface area contributed by atoms with E-state index in [1.807, 2.05) is 6.07 Å². The monoisotopic (exact) mass is 269 g/mol. The van der Waals surface area contributed by atoms with Crippen LogP contribution in [0.2, 0.25) is 5.02 Å². The summed E-state index contributed by atoms with van der Waals surface area (Å²) >= 11 is 7.25. The van der Waals surface area contributed by atoms with Crippen molar-refractivity contribution in [2.24, 2.45) is 0 Å². The number of nitrogen functional groups attached to an aromatic ring is 1. The number of anilines is 1. The van der Waals surface area contributed by atoms with Crippen molar-refractivity contribution >= 4 is 35.0 Å². The smallest absolute Gasteiger partial charge is 0.230 e. The number of nitrogens with zero attached hydrogens (tertiary/aromatic N) is 1. The Morgan fingerprint density at radius 1 is 1.59 bits per heavy atom. The maximum absolute atomic E-state index is 11.4. The minimum absolute atomic E-state index is 0.135. The fourth-order valence-corrected chi connectivity index (χ4v) is 2.29. The third-order valence-corrected chi connectivity index (χ3v) is 3.48. The predicted octanol–water partition coefficient (Wildman–Crippen LogP) is 2.04. The molecule has 0 aliphatic rings. The number of thioether (sulfide) groups is 1. The molecule has 0 atom stereocenters. The Morgan fingerprint density at radius 2 is 2.35 bits per heavy atom. The lowest BCUT2D eigenvalue weighted by Gasteiger charge is -2.07. The van der Waals surface area contributed by atoms with Crippen molar-refractivity contribution in [3.8, 4) is 6.07 Å². The van der Waals surface area contributed by atoms with E-state index >= 15 is 0 Å². The molecule has 17 heavy (non-hydrogen) atoms. The number of rotatable bonds is 5. The van der Waals surface area contributed by atoms with E-state index in [1.165, 1.54) is 11.8 Å². The second kappa shape index (κ2) is 7.05. The Bertz CT molecular complexity index is 425. The summed E-state index contributed by atoms with van der Waals surface area (Å²) < 4.78 is 0. The van der Waals surface area contributed by atoms with E-state index in [2.05, 4.69) is 5.32 Å². The molecule has 0 aliphatic heterocycles. The highest BCUT2D eigenvalue weighted by Gasteiger charge is 2.08. The zero-order valence-corrected chi connectivity index (χ0v) is 10.6. The van der Waals surface area contributed by atoms with Gasteiger partial charge in [-0.3, -0.25) is 4.79 Å². The summed E-state index contributed by atoms with van der Waals surface area (Å²) in [5.74, 6) is 0.101. The number of benzene rings is 1. The highest BCUT2D eigenvalue weighted by atomic mass is 35.5. The second-order valence-corrected chi connectivity index (χ2v) is 4.60. The Balaban J connectivity index is 2.45. The number of nitrogens with one attached hydrogen (secondary N) is 1. The first kappa shape index (κ1) is 13.7. The van der Waals surface area contributed by atoms with E-state index in [1.54, 1.807) is 18.2 Å². The molecule has 0 radical (unpaired) electrons. The van der Waals surface area contributed by atoms with E-state index in [0.29, 0.717) is 28.6 Å². The Kier molecular flexibility index (Phi) is 5.67. The summed E-state index contributed by atoms with van der Waals surface area (Å²) in [5, 5.41) is 11.5. The largest absolute Gasteiger partial charge is 0.398 e. The van der Waals surface area contributed by atoms with Crippen LogP contribution in [0.3, 0.4) is 0 Å². The third kappa shape index (κ3) is 4.55. The predicted molar refractivity (Wildman–Crippen MR) is 69.8 cm³/mol. The molecular weight excluding hydrogens is 258 g/mol. The number of nitriles is 1. The molecule has 4 nitrogen and oxygen atoms in total. The number of halogens is 1. The van der Waals surface area contributed by atoms with Crippen molar-refractivity contribution in [2.75, 3.05) is 18.0 Å². The van der Waals surface area contributed by atoms with Crippen LogP contribution in [0.4, 0.5) is 5.69 Å². The molecular formula is C11H12ClN3OS. The quantitative estimate of drug-likeness (QED) is 0.487. The van der Waals surface area contributed by atoms with Gasteiger partial charge < -0.3 is 11.1 Å². The van der Waals surface area contributed by atoms with Crippen LogP contribution in [0.25, 0.3) is 0 Å². The van der Waals surface area contributed by atoms with Gasteiger partial charge in [-0.25, -0.2) is 0 Å². The normalized spacial score (nSPS) is 9.65. The molecule has 0 aliphatic carbocycles. The first-order valence-corrected chi connectivity index (χ1v) is 6.32. The summed E-state index contributed by atoms with van der Waals surface area (Å²) in [5.41, 5.74) is 6.31. The van der Waals surface area contributed by atoms with Crippen molar-refractivity contribution in [1.82, 2.24) is 5.32 Å². The van der Waals surface area contributed by atoms with Gasteiger partial charge in [-0.1, -0.05) is 17.7 Å². The second-order valence-electron chi connectivity index (χ2n) is 3.20. The molecule has 6 heteroatoms. The number of nitrogens with two attached hydrogens (primary N) is 1. The topological polar surface area (TPSA) is 78.9 Å². The van der Waals surface area contributed by atoms with Crippen molar-refractivity contribution in [3.05, 3.63) is 23.2 Å². The van der Waals surface area contributed by atoms with E-state index in [4.69, 9.17) is 22.6 Å². The average Bonchev–Trinajstić information content (AvgIpc) is 2.29. The lowest BCUT2D eigenvalue weighted by atomic mass is 10.3. The molecule has 0 aromatic heterocycles. The van der Waals surface area contributed by atoms with Crippen LogP contribution >= 0.6 is 23.4 Å². The molecule has 0 spiro atoms. The van der Waals surface area contributed by atoms with Gasteiger partial charge in [0.15, 0.2) is 0 Å². The van der Waals surface area contributed by atoms with Gasteiger partial charge in [-0.05, 0) is 12.1 Å². The molecule has 3 N–H and O–H groups in total. The maximum atomic E-state index is 11.4. The van der Waals surface area contributed by atoms with Gasteiger partial charge in [0.1, 0.15) is 0 Å². The van der Waals surface area contributed by atoms with Crippen LogP contribution in [-0.2, 0) is 4.79 Å². The van der Waals surface area contributed by atoms with Gasteiger partial charge >= 0.3 is 0 Å². The van der Waals surface area contributed by atoms with Gasteiger partial charge in [0.2, 0.25) is 5.91 Å². The van der Waals surface area contributed by atoms with Crippen molar-refractivity contribution < 1.29 is 4.79 Å². The molecule has 0 fully saturated rings. The number of amides is 1. The molecule has 1 aromatic rings. The summed E-state index contributed by atoms with van der Waals surface area (Å²) in [6, 6.07) is 7.18. The number of carbonyl (C=O) groups is 1. The molecule has 0 saturated carbocycles. The van der Waals surface area contributed by atoms with E-state index in [9.17, 15) is 4.79 Å². The van der Waals surface area contributed by atoms with Crippen molar-refractivity contribution in [1.29, 1.82) is 5.26 Å². The van der Waals surface area contributed by atoms with E-state index in [-0.39, 0.29) is 11.7 Å². The SMILES string of the molecule is N#CCCNC(=O)CSc1c(N)cccc1Cl. The fraction of sp³-hybridized carbons (Fsp3) is 0.273. The molecule has 1 aromatic carbocycles. The Morgan fingerprint density at radius 3 is 3.00 bits per heavy atom. The van der Waals surface area contributed by atoms with Gasteiger partial charge in [-0.2, -0.15) is 5.26 Å². The summed E-state index contributed by atoms with van der Waals surface area (Å²) in [7, 11) is 0. The van der Waals surface area contributed by atoms with Crippen molar-refractivity contribution in [2.45, 2.75) is 11.3 Å². The van der Waals surface area contributed by atoms with Crippen LogP contribution in [0.5, 0.6) is 0 Å². The maximum Gasteiger partial charge on any atom is 0.230 e. The van der Waals surface area contributed by atoms with Crippen molar-refractivity contribution in [3.63, 3.8) is 0 Å². The minimum atomic E-state index is -0.135. The lowest BCUT2D eigenvalue weighted by molar-refractivity contribution is -0.118. The van der Waals surface area contributed by atoms with Crippen LogP contribution in [0.15, 0.2) is 23.1 Å². The molecule has 90 valence electrons. The molecule has 0 saturated heterocycles. The molecule has 1 amide bonds. The standard InChI is InChI=1S/C11H12ClN3OS/c12-8-3-1-4-9(14)11(8)17-7-10(16)15-6-2-5-13/h1,3-4H,2,6-7,14H2,(H,15,16). The van der Waals surface area contributed by atoms with Crippen LogP contribution in [-0.4, -0.2) is 18.2 Å². The minimum Gasteiger partial charge on any atom is -0.398 e. The molecule has 0 unspecified atom stereocenters. The molecule has 0 heterocycles. The Labute approximate surface area is 109 Å². The van der Waals surface area contributed by atoms with Crippen LogP contribution in [0, 0.1) is 11.3 Å². The van der Waals surface area contributed by atoms with Gasteiger partial charge in [0.05, 0.1) is 23.3 Å². The zero-order chi connectivity index (χ0) is 12.7. The van der Waals surface area contributed by atoms with Gasteiger partial charge in [-0.15, -0.1) is 11.8 Å². The third-order valence-electron chi connectivity index (χ3n) is 1.90. The van der Waals surface area contributed by atoms with Gasteiger partial charge in [0.25, 0.3) is 0 Å².